The van der Waals surface area contributed by atoms with Crippen molar-refractivity contribution in [1.82, 2.24) is 14.7 Å². The molecule has 0 spiro atoms. The summed E-state index contributed by atoms with van der Waals surface area (Å²) in [5.41, 5.74) is 0. The molecule has 0 radical (unpaired) electrons. The highest BCUT2D eigenvalue weighted by molar-refractivity contribution is 7.09. The van der Waals surface area contributed by atoms with E-state index in [0.29, 0.717) is 11.7 Å². The van der Waals surface area contributed by atoms with E-state index in [-0.39, 0.29) is 11.9 Å². The Morgan fingerprint density at radius 1 is 1.41 bits per heavy atom. The van der Waals surface area contributed by atoms with E-state index in [1.165, 1.54) is 11.5 Å². The molecule has 0 aromatic carbocycles. The Kier molecular flexibility index (Phi) is 5.90. The predicted molar refractivity (Wildman–Crippen MR) is 70.3 cm³/mol. The Bertz CT molecular complexity index is 353. The standard InChI is InChI=1S/C11H20N4OS/c1-4-6-9-14-11(17-15-9)13-8(3)10(16)12-7-5-2/h8H,4-7H2,1-3H3,(H,12,16)(H,13,14,15). The van der Waals surface area contributed by atoms with Gasteiger partial charge in [-0.1, -0.05) is 13.8 Å². The second kappa shape index (κ2) is 7.21. The molecule has 1 amide bonds. The minimum atomic E-state index is -0.274. The SMILES string of the molecule is CCCNC(=O)C(C)Nc1nc(CCC)ns1. The molecule has 6 heteroatoms. The van der Waals surface area contributed by atoms with Crippen LogP contribution in [-0.4, -0.2) is 27.9 Å². The number of nitrogens with one attached hydrogen (secondary N) is 2. The average Bonchev–Trinajstić information content (AvgIpc) is 2.74. The van der Waals surface area contributed by atoms with E-state index in [4.69, 9.17) is 0 Å². The Balaban J connectivity index is 2.43. The van der Waals surface area contributed by atoms with Crippen LogP contribution in [0.5, 0.6) is 0 Å². The van der Waals surface area contributed by atoms with E-state index in [2.05, 4.69) is 26.9 Å². The van der Waals surface area contributed by atoms with Crippen LogP contribution in [0.15, 0.2) is 0 Å². The van der Waals surface area contributed by atoms with Crippen LogP contribution in [0.2, 0.25) is 0 Å². The van der Waals surface area contributed by atoms with Gasteiger partial charge in [0.15, 0.2) is 0 Å². The van der Waals surface area contributed by atoms with Crippen molar-refractivity contribution in [2.24, 2.45) is 0 Å². The fourth-order valence-electron chi connectivity index (χ4n) is 1.29. The van der Waals surface area contributed by atoms with Crippen LogP contribution in [0, 0.1) is 0 Å². The van der Waals surface area contributed by atoms with Gasteiger partial charge in [0.2, 0.25) is 11.0 Å². The van der Waals surface area contributed by atoms with E-state index in [1.807, 2.05) is 13.8 Å². The third-order valence-electron chi connectivity index (χ3n) is 2.22. The molecule has 0 aliphatic carbocycles. The first-order valence-corrected chi connectivity index (χ1v) is 6.81. The van der Waals surface area contributed by atoms with Gasteiger partial charge in [-0.3, -0.25) is 4.79 Å². The first-order valence-electron chi connectivity index (χ1n) is 6.04. The van der Waals surface area contributed by atoms with Gasteiger partial charge in [0, 0.05) is 24.5 Å². The van der Waals surface area contributed by atoms with E-state index >= 15 is 0 Å². The highest BCUT2D eigenvalue weighted by atomic mass is 32.1. The molecule has 0 aliphatic heterocycles. The highest BCUT2D eigenvalue weighted by Gasteiger charge is 2.13. The normalized spacial score (nSPS) is 12.2. The molecule has 2 N–H and O–H groups in total. The summed E-state index contributed by atoms with van der Waals surface area (Å²) in [5.74, 6) is 0.847. The van der Waals surface area contributed by atoms with Crippen molar-refractivity contribution in [3.63, 3.8) is 0 Å². The number of anilines is 1. The Morgan fingerprint density at radius 3 is 2.82 bits per heavy atom. The van der Waals surface area contributed by atoms with Gasteiger partial charge in [-0.25, -0.2) is 4.98 Å². The third kappa shape index (κ3) is 4.68. The minimum Gasteiger partial charge on any atom is -0.354 e. The lowest BCUT2D eigenvalue weighted by Gasteiger charge is -2.12. The quantitative estimate of drug-likeness (QED) is 0.781. The topological polar surface area (TPSA) is 66.9 Å². The summed E-state index contributed by atoms with van der Waals surface area (Å²) >= 11 is 1.31. The van der Waals surface area contributed by atoms with Gasteiger partial charge in [0.25, 0.3) is 0 Å². The van der Waals surface area contributed by atoms with E-state index < -0.39 is 0 Å². The number of rotatable bonds is 7. The van der Waals surface area contributed by atoms with Gasteiger partial charge in [-0.05, 0) is 19.8 Å². The monoisotopic (exact) mass is 256 g/mol. The number of hydrogen-bond donors (Lipinski definition) is 2. The molecule has 0 saturated heterocycles. The van der Waals surface area contributed by atoms with Gasteiger partial charge in [0.05, 0.1) is 0 Å². The van der Waals surface area contributed by atoms with Gasteiger partial charge in [-0.2, -0.15) is 4.37 Å². The van der Waals surface area contributed by atoms with Gasteiger partial charge in [-0.15, -0.1) is 0 Å². The number of nitrogens with zero attached hydrogens (tertiary/aromatic N) is 2. The summed E-state index contributed by atoms with van der Waals surface area (Å²) in [5, 5.41) is 6.62. The summed E-state index contributed by atoms with van der Waals surface area (Å²) in [4.78, 5) is 15.9. The van der Waals surface area contributed by atoms with E-state index in [1.54, 1.807) is 0 Å². The molecule has 1 unspecified atom stereocenters. The zero-order valence-electron chi connectivity index (χ0n) is 10.6. The fraction of sp³-hybridized carbons (Fsp3) is 0.727. The molecular formula is C11H20N4OS. The van der Waals surface area contributed by atoms with Crippen LogP contribution in [-0.2, 0) is 11.2 Å². The second-order valence-electron chi connectivity index (χ2n) is 3.92. The molecule has 5 nitrogen and oxygen atoms in total. The molecule has 1 rings (SSSR count). The summed E-state index contributed by atoms with van der Waals surface area (Å²) in [6.07, 6.45) is 2.86. The van der Waals surface area contributed by atoms with Crippen LogP contribution in [0.25, 0.3) is 0 Å². The van der Waals surface area contributed by atoms with Gasteiger partial charge >= 0.3 is 0 Å². The summed E-state index contributed by atoms with van der Waals surface area (Å²) < 4.78 is 4.22. The number of aryl methyl sites for hydroxylation is 1. The van der Waals surface area contributed by atoms with E-state index in [9.17, 15) is 4.79 Å². The lowest BCUT2D eigenvalue weighted by molar-refractivity contribution is -0.121. The van der Waals surface area contributed by atoms with Crippen molar-refractivity contribution in [1.29, 1.82) is 0 Å². The summed E-state index contributed by atoms with van der Waals surface area (Å²) in [6, 6.07) is -0.274. The van der Waals surface area contributed by atoms with E-state index in [0.717, 1.165) is 25.1 Å². The number of hydrogen-bond acceptors (Lipinski definition) is 5. The lowest BCUT2D eigenvalue weighted by Crippen LogP contribution is -2.37. The van der Waals surface area contributed by atoms with Gasteiger partial charge < -0.3 is 10.6 Å². The van der Waals surface area contributed by atoms with Crippen molar-refractivity contribution in [3.8, 4) is 0 Å². The summed E-state index contributed by atoms with van der Waals surface area (Å²) in [7, 11) is 0. The maximum absolute atomic E-state index is 11.6. The maximum Gasteiger partial charge on any atom is 0.242 e. The molecule has 0 saturated carbocycles. The van der Waals surface area contributed by atoms with Crippen molar-refractivity contribution < 1.29 is 4.79 Å². The Morgan fingerprint density at radius 2 is 2.18 bits per heavy atom. The fourth-order valence-corrected chi connectivity index (χ4v) is 1.99. The lowest BCUT2D eigenvalue weighted by atomic mass is 10.3. The molecule has 1 heterocycles. The first-order chi connectivity index (χ1) is 8.17. The smallest absolute Gasteiger partial charge is 0.242 e. The van der Waals surface area contributed by atoms with Crippen LogP contribution >= 0.6 is 11.5 Å². The molecule has 1 aromatic rings. The molecular weight excluding hydrogens is 236 g/mol. The zero-order valence-corrected chi connectivity index (χ0v) is 11.4. The molecule has 17 heavy (non-hydrogen) atoms. The molecule has 96 valence electrons. The second-order valence-corrected chi connectivity index (χ2v) is 4.67. The number of carbonyl (C=O) groups is 1. The molecule has 0 aliphatic rings. The molecule has 1 atom stereocenters. The Hall–Kier alpha value is -1.17. The number of amides is 1. The first kappa shape index (κ1) is 13.9. The van der Waals surface area contributed by atoms with Gasteiger partial charge in [0.1, 0.15) is 11.9 Å². The van der Waals surface area contributed by atoms with Crippen LogP contribution < -0.4 is 10.6 Å². The highest BCUT2D eigenvalue weighted by Crippen LogP contribution is 2.13. The largest absolute Gasteiger partial charge is 0.354 e. The summed E-state index contributed by atoms with van der Waals surface area (Å²) in [6.45, 7) is 6.66. The number of carbonyl (C=O) groups excluding carboxylic acids is 1. The molecule has 1 aromatic heterocycles. The molecule has 0 fully saturated rings. The van der Waals surface area contributed by atoms with Crippen molar-refractivity contribution >= 4 is 22.6 Å². The number of aromatic nitrogens is 2. The van der Waals surface area contributed by atoms with Crippen molar-refractivity contribution in [3.05, 3.63) is 5.82 Å². The minimum absolute atomic E-state index is 0.000841. The van der Waals surface area contributed by atoms with Crippen LogP contribution in [0.4, 0.5) is 5.13 Å². The van der Waals surface area contributed by atoms with Crippen LogP contribution in [0.3, 0.4) is 0 Å². The zero-order chi connectivity index (χ0) is 12.7. The third-order valence-corrected chi connectivity index (χ3v) is 2.91. The van der Waals surface area contributed by atoms with Crippen molar-refractivity contribution in [2.45, 2.75) is 46.1 Å². The van der Waals surface area contributed by atoms with Crippen LogP contribution in [0.1, 0.15) is 39.4 Å². The average molecular weight is 256 g/mol. The van der Waals surface area contributed by atoms with Crippen molar-refractivity contribution in [2.75, 3.05) is 11.9 Å². The Labute approximate surface area is 106 Å². The predicted octanol–water partition coefficient (Wildman–Crippen LogP) is 1.82. The molecule has 0 bridgehead atoms. The maximum atomic E-state index is 11.6.